The van der Waals surface area contributed by atoms with E-state index in [1.54, 1.807) is 36.6 Å². The molecule has 1 fully saturated rings. The molecule has 340 valence electrons. The number of likely N-dealkylation sites (tertiary alicyclic amines) is 1. The molecule has 6 N–H and O–H groups in total. The van der Waals surface area contributed by atoms with Gasteiger partial charge >= 0.3 is 11.9 Å². The van der Waals surface area contributed by atoms with Crippen molar-refractivity contribution >= 4 is 46.9 Å². The van der Waals surface area contributed by atoms with Gasteiger partial charge in [0.05, 0.1) is 11.6 Å². The molecule has 0 spiro atoms. The number of hydrogen-bond acceptors (Lipinski definition) is 12. The monoisotopic (exact) mass is 870 g/mol. The number of amides is 4. The van der Waals surface area contributed by atoms with Crippen molar-refractivity contribution in [1.29, 1.82) is 0 Å². The second-order valence-electron chi connectivity index (χ2n) is 16.7. The van der Waals surface area contributed by atoms with Crippen LogP contribution in [0.4, 0.5) is 0 Å². The maximum atomic E-state index is 14.9. The van der Waals surface area contributed by atoms with E-state index in [1.165, 1.54) is 23.2 Å². The number of ether oxygens (including phenoxy) is 2. The van der Waals surface area contributed by atoms with Gasteiger partial charge in [0.15, 0.2) is 6.73 Å². The Morgan fingerprint density at radius 3 is 2.26 bits per heavy atom. The lowest BCUT2D eigenvalue weighted by atomic mass is 9.91. The number of thiophene rings is 1. The van der Waals surface area contributed by atoms with Gasteiger partial charge in [-0.25, -0.2) is 5.84 Å². The molecule has 0 radical (unpaired) electrons. The molecule has 1 aromatic heterocycles. The van der Waals surface area contributed by atoms with Crippen molar-refractivity contribution in [3.05, 3.63) is 51.2 Å². The Labute approximate surface area is 365 Å². The van der Waals surface area contributed by atoms with Crippen molar-refractivity contribution in [2.24, 2.45) is 23.6 Å². The van der Waals surface area contributed by atoms with E-state index in [-0.39, 0.29) is 67.3 Å². The van der Waals surface area contributed by atoms with Gasteiger partial charge in [0.1, 0.15) is 17.9 Å². The van der Waals surface area contributed by atoms with Gasteiger partial charge in [-0.2, -0.15) is 0 Å². The maximum Gasteiger partial charge on any atom is 0.307 e. The van der Waals surface area contributed by atoms with Crippen LogP contribution < -0.4 is 21.9 Å². The first-order valence-corrected chi connectivity index (χ1v) is 22.7. The number of esters is 2. The molecule has 1 saturated heterocycles. The van der Waals surface area contributed by atoms with Crippen molar-refractivity contribution in [1.82, 2.24) is 25.9 Å². The lowest BCUT2D eigenvalue weighted by Crippen LogP contribution is -2.59. The number of benzene rings is 1. The predicted molar refractivity (Wildman–Crippen MR) is 235 cm³/mol. The van der Waals surface area contributed by atoms with Gasteiger partial charge in [-0.3, -0.25) is 39.1 Å². The third-order valence-corrected chi connectivity index (χ3v) is 12.8. The molecule has 61 heavy (non-hydrogen) atoms. The summed E-state index contributed by atoms with van der Waals surface area (Å²) in [6.45, 7) is 15.0. The molecule has 4 amide bonds. The molecule has 1 aliphatic rings. The fourth-order valence-corrected chi connectivity index (χ4v) is 9.10. The summed E-state index contributed by atoms with van der Waals surface area (Å²) < 4.78 is 11.8. The smallest absolute Gasteiger partial charge is 0.307 e. The van der Waals surface area contributed by atoms with E-state index in [9.17, 15) is 33.9 Å². The van der Waals surface area contributed by atoms with Crippen molar-refractivity contribution in [3.8, 4) is 5.75 Å². The van der Waals surface area contributed by atoms with Crippen molar-refractivity contribution in [2.75, 3.05) is 20.3 Å². The second-order valence-corrected chi connectivity index (χ2v) is 17.7. The number of phenolic OH excluding ortho intramolecular Hbond substituents is 1. The molecule has 1 aromatic carbocycles. The molecule has 0 aliphatic carbocycles. The zero-order valence-corrected chi connectivity index (χ0v) is 38.4. The van der Waals surface area contributed by atoms with Gasteiger partial charge in [-0.05, 0) is 87.2 Å². The summed E-state index contributed by atoms with van der Waals surface area (Å²) in [5, 5.41) is 17.7. The fraction of sp³-hybridized carbons (Fsp3) is 0.644. The number of rotatable bonds is 23. The summed E-state index contributed by atoms with van der Waals surface area (Å²) in [4.78, 5) is 85.0. The first-order chi connectivity index (χ1) is 28.9. The van der Waals surface area contributed by atoms with E-state index in [2.05, 4.69) is 16.1 Å². The Balaban J connectivity index is 2.03. The van der Waals surface area contributed by atoms with Crippen molar-refractivity contribution in [2.45, 2.75) is 150 Å². The van der Waals surface area contributed by atoms with Crippen LogP contribution in [0.5, 0.6) is 5.75 Å². The minimum Gasteiger partial charge on any atom is -0.508 e. The van der Waals surface area contributed by atoms with Crippen LogP contribution in [0.2, 0.25) is 0 Å². The largest absolute Gasteiger partial charge is 0.508 e. The summed E-state index contributed by atoms with van der Waals surface area (Å²) in [5.74, 6) is 2.14. The SMILES string of the molecule is CCCC(=O)OCN(C(=O)C(NC(=O)[C@H]1CCCCN1C)C(C)CC)[C@H](C[C@@H](OC(C)=O)c1scc(C(=O)N[C@@H](Cc2ccc(O)cc2)C[C@H](C)C(=O)NN)c1CC)C(C)C. The quantitative estimate of drug-likeness (QED) is 0.0308. The molecule has 2 heterocycles. The summed E-state index contributed by atoms with van der Waals surface area (Å²) in [6, 6.07) is 4.22. The number of carbonyl (C=O) groups is 6. The topological polar surface area (TPSA) is 210 Å². The van der Waals surface area contributed by atoms with Crippen LogP contribution in [-0.4, -0.2) is 95.0 Å². The zero-order chi connectivity index (χ0) is 45.4. The van der Waals surface area contributed by atoms with Crippen molar-refractivity contribution < 1.29 is 43.3 Å². The number of likely N-dealkylation sites (N-methyl/N-ethyl adjacent to an activating group) is 1. The zero-order valence-electron chi connectivity index (χ0n) is 37.6. The number of nitrogens with one attached hydrogen (secondary N) is 3. The number of hydrogen-bond donors (Lipinski definition) is 5. The number of nitrogens with zero attached hydrogens (tertiary/aromatic N) is 2. The number of nitrogens with two attached hydrogens (primary N) is 1. The molecular formula is C45H70N6O9S. The average Bonchev–Trinajstić information content (AvgIpc) is 3.66. The molecule has 3 rings (SSSR count). The summed E-state index contributed by atoms with van der Waals surface area (Å²) in [5.41, 5.74) is 4.08. The fourth-order valence-electron chi connectivity index (χ4n) is 7.92. The van der Waals surface area contributed by atoms with Crippen LogP contribution in [0, 0.1) is 17.8 Å². The van der Waals surface area contributed by atoms with Crippen LogP contribution in [0.15, 0.2) is 29.6 Å². The standard InChI is InChI=1S/C45H70N6O9S/c1-10-15-39(54)59-26-51(45(58)40(28(6)11-2)48-44(57)36-16-13-14-21-50(36)9)37(27(4)5)24-38(60-30(8)52)41-34(12-3)35(25-61-41)43(56)47-32(22-29(7)42(55)49-46)23-31-17-19-33(53)20-18-31/h17-20,25,27-29,32,36-38,40,53H,10-16,21-24,26,46H2,1-9H3,(H,47,56)(H,48,57)(H,49,55)/t28?,29-,32+,36+,37+,38+,40?/m0/s1. The molecule has 7 atom stereocenters. The van der Waals surface area contributed by atoms with Crippen molar-refractivity contribution in [3.63, 3.8) is 0 Å². The molecule has 16 heteroatoms. The molecule has 15 nitrogen and oxygen atoms in total. The Bertz CT molecular complexity index is 1770. The van der Waals surface area contributed by atoms with E-state index in [1.807, 2.05) is 53.5 Å². The molecule has 2 unspecified atom stereocenters. The molecule has 0 saturated carbocycles. The molecule has 1 aliphatic heterocycles. The van der Waals surface area contributed by atoms with Gasteiger partial charge in [-0.15, -0.1) is 11.3 Å². The number of aromatic hydroxyl groups is 1. The van der Waals surface area contributed by atoms with Gasteiger partial charge < -0.3 is 30.1 Å². The Hall–Kier alpha value is -4.54. The van der Waals surface area contributed by atoms with Crippen LogP contribution >= 0.6 is 11.3 Å². The highest BCUT2D eigenvalue weighted by Gasteiger charge is 2.40. The van der Waals surface area contributed by atoms with E-state index >= 15 is 0 Å². The predicted octanol–water partition coefficient (Wildman–Crippen LogP) is 5.54. The maximum absolute atomic E-state index is 14.9. The number of hydrazine groups is 1. The van der Waals surface area contributed by atoms with Gasteiger partial charge in [0.2, 0.25) is 17.7 Å². The lowest BCUT2D eigenvalue weighted by molar-refractivity contribution is -0.160. The summed E-state index contributed by atoms with van der Waals surface area (Å²) in [6.07, 6.45) is 4.21. The number of carbonyl (C=O) groups excluding carboxylic acids is 6. The lowest BCUT2D eigenvalue weighted by Gasteiger charge is -2.39. The highest BCUT2D eigenvalue weighted by Crippen LogP contribution is 2.37. The summed E-state index contributed by atoms with van der Waals surface area (Å²) in [7, 11) is 1.91. The highest BCUT2D eigenvalue weighted by atomic mass is 32.1. The number of phenols is 1. The van der Waals surface area contributed by atoms with Crippen LogP contribution in [0.25, 0.3) is 0 Å². The Morgan fingerprint density at radius 1 is 1.00 bits per heavy atom. The average molecular weight is 871 g/mol. The van der Waals surface area contributed by atoms with Crippen LogP contribution in [-0.2, 0) is 46.3 Å². The molecule has 2 aromatic rings. The first-order valence-electron chi connectivity index (χ1n) is 21.8. The normalized spacial score (nSPS) is 17.3. The molecular weight excluding hydrogens is 801 g/mol. The number of piperidine rings is 1. The second kappa shape index (κ2) is 24.8. The minimum absolute atomic E-state index is 0.107. The van der Waals surface area contributed by atoms with E-state index in [4.69, 9.17) is 15.3 Å². The third-order valence-electron chi connectivity index (χ3n) is 11.7. The van der Waals surface area contributed by atoms with Crippen LogP contribution in [0.1, 0.15) is 139 Å². The van der Waals surface area contributed by atoms with Gasteiger partial charge in [0, 0.05) is 48.0 Å². The first kappa shape index (κ1) is 50.8. The Morgan fingerprint density at radius 2 is 1.69 bits per heavy atom. The third kappa shape index (κ3) is 14.8. The minimum atomic E-state index is -0.914. The van der Waals surface area contributed by atoms with E-state index in [0.717, 1.165) is 24.9 Å². The highest BCUT2D eigenvalue weighted by molar-refractivity contribution is 7.10. The van der Waals surface area contributed by atoms with Crippen LogP contribution in [0.3, 0.4) is 0 Å². The van der Waals surface area contributed by atoms with Gasteiger partial charge in [-0.1, -0.05) is 73.4 Å². The van der Waals surface area contributed by atoms with E-state index < -0.39 is 48.0 Å². The molecule has 0 bridgehead atoms. The van der Waals surface area contributed by atoms with E-state index in [0.29, 0.717) is 48.1 Å². The summed E-state index contributed by atoms with van der Waals surface area (Å²) >= 11 is 1.28. The Kier molecular flexibility index (Phi) is 20.6. The van der Waals surface area contributed by atoms with Gasteiger partial charge in [0.25, 0.3) is 5.91 Å².